The molecule has 4 aliphatic carbocycles. The van der Waals surface area contributed by atoms with E-state index in [1.165, 1.54) is 24.3 Å². The fourth-order valence-corrected chi connectivity index (χ4v) is 8.21. The molecule has 2 heterocycles. The van der Waals surface area contributed by atoms with Gasteiger partial charge in [0.25, 0.3) is 5.91 Å². The van der Waals surface area contributed by atoms with Crippen LogP contribution >= 0.6 is 24.0 Å². The van der Waals surface area contributed by atoms with E-state index in [9.17, 15) is 14.4 Å². The van der Waals surface area contributed by atoms with Crippen molar-refractivity contribution in [3.05, 3.63) is 52.6 Å². The van der Waals surface area contributed by atoms with Gasteiger partial charge in [-0.05, 0) is 99.2 Å². The van der Waals surface area contributed by atoms with E-state index in [1.807, 2.05) is 13.0 Å². The van der Waals surface area contributed by atoms with Crippen LogP contribution in [0.1, 0.15) is 74.4 Å². The Kier molecular flexibility index (Phi) is 7.14. The van der Waals surface area contributed by atoms with E-state index in [-0.39, 0.29) is 23.2 Å². The van der Waals surface area contributed by atoms with Gasteiger partial charge in [-0.1, -0.05) is 37.2 Å². The normalized spacial score (nSPS) is 28.4. The quantitative estimate of drug-likeness (QED) is 0.173. The fourth-order valence-electron chi connectivity index (χ4n) is 7.05. The third-order valence-electron chi connectivity index (χ3n) is 8.56. The first kappa shape index (κ1) is 26.3. The van der Waals surface area contributed by atoms with Crippen molar-refractivity contribution in [2.45, 2.75) is 58.3 Å². The van der Waals surface area contributed by atoms with Gasteiger partial charge in [-0.3, -0.25) is 15.0 Å². The Balaban J connectivity index is 1.11. The number of carbonyl (C=O) groups is 3. The van der Waals surface area contributed by atoms with E-state index in [0.29, 0.717) is 50.7 Å². The summed E-state index contributed by atoms with van der Waals surface area (Å²) in [7, 11) is 0. The Labute approximate surface area is 237 Å². The maximum atomic E-state index is 13.5. The van der Waals surface area contributed by atoms with Crippen LogP contribution < -0.4 is 5.43 Å². The van der Waals surface area contributed by atoms with E-state index >= 15 is 0 Å². The summed E-state index contributed by atoms with van der Waals surface area (Å²) in [5.41, 5.74) is 3.81. The molecule has 1 N–H and O–H groups in total. The summed E-state index contributed by atoms with van der Waals surface area (Å²) in [6.07, 6.45) is 9.97. The largest absolute Gasteiger partial charge is 0.462 e. The number of hydrogen-bond acceptors (Lipinski definition) is 7. The highest BCUT2D eigenvalue weighted by Crippen LogP contribution is 2.60. The summed E-state index contributed by atoms with van der Waals surface area (Å²) < 4.78 is 11.5. The zero-order valence-corrected chi connectivity index (χ0v) is 23.6. The van der Waals surface area contributed by atoms with Crippen molar-refractivity contribution in [2.75, 3.05) is 6.61 Å². The molecule has 5 fully saturated rings. The maximum Gasteiger partial charge on any atom is 0.338 e. The molecule has 0 radical (unpaired) electrons. The highest BCUT2D eigenvalue weighted by Gasteiger charge is 2.55. The van der Waals surface area contributed by atoms with Gasteiger partial charge in [0, 0.05) is 11.6 Å². The lowest BCUT2D eigenvalue weighted by molar-refractivity contribution is -0.152. The fraction of sp³-hybridized carbons (Fsp3) is 0.467. The second-order valence-corrected chi connectivity index (χ2v) is 13.1. The van der Waals surface area contributed by atoms with E-state index < -0.39 is 0 Å². The van der Waals surface area contributed by atoms with Crippen LogP contribution in [-0.2, 0) is 14.3 Å². The Morgan fingerprint density at radius 3 is 2.41 bits per heavy atom. The minimum absolute atomic E-state index is 0.0582. The molecule has 1 aliphatic heterocycles. The molecule has 7 nitrogen and oxygen atoms in total. The Bertz CT molecular complexity index is 1310. The monoisotopic (exact) mass is 564 g/mol. The third-order valence-corrected chi connectivity index (χ3v) is 9.87. The molecule has 204 valence electrons. The zero-order valence-electron chi connectivity index (χ0n) is 21.9. The van der Waals surface area contributed by atoms with E-state index in [2.05, 4.69) is 5.43 Å². The summed E-state index contributed by atoms with van der Waals surface area (Å²) >= 11 is 6.62. The molecule has 4 saturated carbocycles. The third kappa shape index (κ3) is 5.18. The number of ether oxygens (including phenoxy) is 1. The average Bonchev–Trinajstić information content (AvgIpc) is 3.48. The number of thiocarbonyl (C=S) groups is 1. The molecular weight excluding hydrogens is 532 g/mol. The molecule has 2 amide bonds. The number of furan rings is 1. The number of benzene rings is 1. The number of carbonyl (C=O) groups excluding carboxylic acids is 3. The lowest BCUT2D eigenvalue weighted by Crippen LogP contribution is -2.57. The highest BCUT2D eigenvalue weighted by molar-refractivity contribution is 8.26. The van der Waals surface area contributed by atoms with Gasteiger partial charge in [0.15, 0.2) is 4.32 Å². The molecule has 0 unspecified atom stereocenters. The van der Waals surface area contributed by atoms with Crippen molar-refractivity contribution in [3.63, 3.8) is 0 Å². The summed E-state index contributed by atoms with van der Waals surface area (Å²) in [5, 5.41) is 1.23. The lowest BCUT2D eigenvalue weighted by Gasteiger charge is -2.55. The Morgan fingerprint density at radius 2 is 1.77 bits per heavy atom. The smallest absolute Gasteiger partial charge is 0.338 e. The minimum atomic E-state index is -0.362. The molecule has 9 heteroatoms. The van der Waals surface area contributed by atoms with Gasteiger partial charge in [-0.15, -0.1) is 0 Å². The van der Waals surface area contributed by atoms with Gasteiger partial charge in [-0.25, -0.2) is 4.79 Å². The van der Waals surface area contributed by atoms with Crippen LogP contribution in [0.25, 0.3) is 17.4 Å². The van der Waals surface area contributed by atoms with E-state index in [0.717, 1.165) is 49.4 Å². The molecule has 5 aliphatic rings. The first-order valence-electron chi connectivity index (χ1n) is 13.8. The van der Waals surface area contributed by atoms with Gasteiger partial charge in [0.1, 0.15) is 11.5 Å². The van der Waals surface area contributed by atoms with Crippen LogP contribution in [0.2, 0.25) is 0 Å². The molecule has 1 aromatic carbocycles. The summed E-state index contributed by atoms with van der Waals surface area (Å²) in [6, 6.07) is 10.6. The molecule has 0 spiro atoms. The molecule has 4 bridgehead atoms. The van der Waals surface area contributed by atoms with E-state index in [4.69, 9.17) is 21.4 Å². The van der Waals surface area contributed by atoms with Gasteiger partial charge in [0.05, 0.1) is 22.5 Å². The second kappa shape index (κ2) is 10.6. The van der Waals surface area contributed by atoms with Gasteiger partial charge in [0.2, 0.25) is 5.91 Å². The van der Waals surface area contributed by atoms with Gasteiger partial charge >= 0.3 is 5.97 Å². The first-order valence-corrected chi connectivity index (χ1v) is 15.0. The molecule has 2 aromatic rings. The van der Waals surface area contributed by atoms with Crippen molar-refractivity contribution in [3.8, 4) is 11.3 Å². The molecule has 1 saturated heterocycles. The van der Waals surface area contributed by atoms with Gasteiger partial charge in [-0.2, -0.15) is 5.01 Å². The molecule has 7 rings (SSSR count). The van der Waals surface area contributed by atoms with Crippen LogP contribution in [0.3, 0.4) is 0 Å². The minimum Gasteiger partial charge on any atom is -0.462 e. The molecule has 1 aromatic heterocycles. The van der Waals surface area contributed by atoms with Crippen LogP contribution in [0.4, 0.5) is 0 Å². The predicted molar refractivity (Wildman–Crippen MR) is 153 cm³/mol. The van der Waals surface area contributed by atoms with Crippen LogP contribution in [0.15, 0.2) is 45.7 Å². The number of rotatable bonds is 8. The van der Waals surface area contributed by atoms with Crippen LogP contribution in [0, 0.1) is 23.2 Å². The topological polar surface area (TPSA) is 88.9 Å². The first-order chi connectivity index (χ1) is 18.8. The number of amides is 2. The lowest BCUT2D eigenvalue weighted by atomic mass is 9.49. The SMILES string of the molecule is CCCCOC(=O)c1ccc(-c2ccc(/C=C3/SC(=S)N(NC(=O)C45CC6CC(CC(C6)C4)C5)C3=O)o2)cc1. The maximum absolute atomic E-state index is 13.5. The number of thioether (sulfide) groups is 1. The van der Waals surface area contributed by atoms with Crippen molar-refractivity contribution in [1.29, 1.82) is 0 Å². The predicted octanol–water partition coefficient (Wildman–Crippen LogP) is 6.35. The number of esters is 1. The standard InChI is InChI=1S/C30H32N2O5S2/c1-2-3-10-36-27(34)22-6-4-21(5-7-22)24-9-8-23(37-24)14-25-26(33)32(29(38)39-25)31-28(35)30-15-18-11-19(16-30)13-20(12-18)17-30/h4-9,14,18-20H,2-3,10-13,15-17H2,1H3,(H,31,35)/b25-14+. The summed E-state index contributed by atoms with van der Waals surface area (Å²) in [5.74, 6) is 2.28. The van der Waals surface area contributed by atoms with Crippen molar-refractivity contribution in [1.82, 2.24) is 10.4 Å². The highest BCUT2D eigenvalue weighted by atomic mass is 32.2. The molecule has 0 atom stereocenters. The summed E-state index contributed by atoms with van der Waals surface area (Å²) in [6.45, 7) is 2.46. The van der Waals surface area contributed by atoms with Crippen LogP contribution in [0.5, 0.6) is 0 Å². The molecular formula is C30H32N2O5S2. The second-order valence-electron chi connectivity index (χ2n) is 11.4. The average molecular weight is 565 g/mol. The van der Waals surface area contributed by atoms with Crippen molar-refractivity contribution in [2.24, 2.45) is 23.2 Å². The Hall–Kier alpha value is -2.91. The van der Waals surface area contributed by atoms with Crippen LogP contribution in [-0.4, -0.2) is 33.7 Å². The number of hydrogen-bond donors (Lipinski definition) is 1. The Morgan fingerprint density at radius 1 is 1.10 bits per heavy atom. The molecule has 39 heavy (non-hydrogen) atoms. The summed E-state index contributed by atoms with van der Waals surface area (Å²) in [4.78, 5) is 39.2. The number of unbranched alkanes of at least 4 members (excludes halogenated alkanes) is 1. The van der Waals surface area contributed by atoms with E-state index in [1.54, 1.807) is 36.4 Å². The number of nitrogens with zero attached hydrogens (tertiary/aromatic N) is 1. The number of hydrazine groups is 1. The van der Waals surface area contributed by atoms with Crippen molar-refractivity contribution >= 4 is 52.2 Å². The number of nitrogens with one attached hydrogen (secondary N) is 1. The van der Waals surface area contributed by atoms with Crippen molar-refractivity contribution < 1.29 is 23.5 Å². The zero-order chi connectivity index (χ0) is 27.1. The van der Waals surface area contributed by atoms with Gasteiger partial charge < -0.3 is 9.15 Å².